The third-order valence-electron chi connectivity index (χ3n) is 11.9. The van der Waals surface area contributed by atoms with E-state index in [9.17, 15) is 0 Å². The van der Waals surface area contributed by atoms with Gasteiger partial charge in [0.1, 0.15) is 0 Å². The lowest BCUT2D eigenvalue weighted by Crippen LogP contribution is -2.15. The fourth-order valence-corrected chi connectivity index (χ4v) is 9.60. The number of para-hydroxylation sites is 2. The molecular formula is C49H31N3. The molecule has 1 aliphatic heterocycles. The van der Waals surface area contributed by atoms with Crippen molar-refractivity contribution in [2.24, 2.45) is 0 Å². The van der Waals surface area contributed by atoms with Crippen LogP contribution in [0, 0.1) is 0 Å². The minimum atomic E-state index is -0.225. The van der Waals surface area contributed by atoms with E-state index in [-0.39, 0.29) is 5.41 Å². The standard InChI is InChI=1S/C49H31N3/c1-49(2)37-24-14-23-32-31-19-10-12-25-39(31)52-40-26-13-11-22-35(40)41-36(27-38(49)43(42(32)37)48(41)52)47-44(28-15-4-3-5-16-28)50-45-33-20-8-6-17-29(33)30-18-7-9-21-34(30)46(45)51-47/h3-27H,1-2H3. The molecule has 8 aromatic carbocycles. The fraction of sp³-hybridized carbons (Fsp3) is 0.0612. The average molecular weight is 662 g/mol. The normalized spacial score (nSPS) is 13.7. The van der Waals surface area contributed by atoms with Crippen LogP contribution in [0.1, 0.15) is 25.0 Å². The molecule has 0 radical (unpaired) electrons. The van der Waals surface area contributed by atoms with E-state index < -0.39 is 0 Å². The maximum Gasteiger partial charge on any atom is 0.0980 e. The highest BCUT2D eigenvalue weighted by atomic mass is 15.0. The Kier molecular flexibility index (Phi) is 5.31. The van der Waals surface area contributed by atoms with Gasteiger partial charge in [0, 0.05) is 49.2 Å². The lowest BCUT2D eigenvalue weighted by atomic mass is 9.80. The number of rotatable bonds is 2. The zero-order chi connectivity index (χ0) is 34.3. The van der Waals surface area contributed by atoms with E-state index >= 15 is 0 Å². The predicted molar refractivity (Wildman–Crippen MR) is 216 cm³/mol. The van der Waals surface area contributed by atoms with Crippen molar-refractivity contribution in [2.45, 2.75) is 19.3 Å². The number of benzene rings is 8. The lowest BCUT2D eigenvalue weighted by molar-refractivity contribution is 0.661. The molecule has 12 rings (SSSR count). The Morgan fingerprint density at radius 3 is 1.81 bits per heavy atom. The summed E-state index contributed by atoms with van der Waals surface area (Å²) in [7, 11) is 0. The van der Waals surface area contributed by atoms with Crippen LogP contribution in [-0.2, 0) is 5.41 Å². The molecular weight excluding hydrogens is 631 g/mol. The van der Waals surface area contributed by atoms with E-state index in [0.29, 0.717) is 0 Å². The van der Waals surface area contributed by atoms with Crippen molar-refractivity contribution in [3.63, 3.8) is 0 Å². The second-order valence-corrected chi connectivity index (χ2v) is 14.9. The minimum Gasteiger partial charge on any atom is -0.308 e. The summed E-state index contributed by atoms with van der Waals surface area (Å²) in [5.41, 5.74) is 17.3. The molecule has 0 spiro atoms. The quantitative estimate of drug-likeness (QED) is 0.173. The van der Waals surface area contributed by atoms with Crippen molar-refractivity contribution in [3.8, 4) is 50.5 Å². The largest absolute Gasteiger partial charge is 0.308 e. The van der Waals surface area contributed by atoms with Crippen molar-refractivity contribution in [3.05, 3.63) is 163 Å². The van der Waals surface area contributed by atoms with Gasteiger partial charge >= 0.3 is 0 Å². The van der Waals surface area contributed by atoms with E-state index in [1.807, 2.05) is 0 Å². The van der Waals surface area contributed by atoms with Gasteiger partial charge in [-0.15, -0.1) is 0 Å². The van der Waals surface area contributed by atoms with Crippen LogP contribution in [-0.4, -0.2) is 14.5 Å². The first-order valence-electron chi connectivity index (χ1n) is 18.1. The molecule has 10 aromatic rings. The SMILES string of the molecule is CC1(C)c2cccc3c2-c2c1cc(-c1nc4c5ccccc5c5ccccc5c4nc1-c1ccccc1)c1c4ccccc4n(c21)-c1ccccc1-3. The van der Waals surface area contributed by atoms with Gasteiger partial charge in [0.25, 0.3) is 0 Å². The maximum absolute atomic E-state index is 5.80. The van der Waals surface area contributed by atoms with Crippen molar-refractivity contribution in [2.75, 3.05) is 0 Å². The smallest absolute Gasteiger partial charge is 0.0980 e. The second-order valence-electron chi connectivity index (χ2n) is 14.9. The molecule has 3 heterocycles. The van der Waals surface area contributed by atoms with Crippen LogP contribution in [0.2, 0.25) is 0 Å². The summed E-state index contributed by atoms with van der Waals surface area (Å²) in [6, 6.07) is 55.1. The summed E-state index contributed by atoms with van der Waals surface area (Å²) < 4.78 is 2.53. The van der Waals surface area contributed by atoms with E-state index in [0.717, 1.165) is 44.3 Å². The van der Waals surface area contributed by atoms with Gasteiger partial charge in [-0.2, -0.15) is 0 Å². The number of hydrogen-bond acceptors (Lipinski definition) is 2. The monoisotopic (exact) mass is 661 g/mol. The highest BCUT2D eigenvalue weighted by Gasteiger charge is 2.42. The third-order valence-corrected chi connectivity index (χ3v) is 11.9. The molecule has 0 fully saturated rings. The molecule has 242 valence electrons. The highest BCUT2D eigenvalue weighted by molar-refractivity contribution is 6.26. The van der Waals surface area contributed by atoms with Gasteiger partial charge in [-0.05, 0) is 51.2 Å². The zero-order valence-electron chi connectivity index (χ0n) is 28.8. The van der Waals surface area contributed by atoms with Crippen LogP contribution in [0.3, 0.4) is 0 Å². The molecule has 2 aliphatic rings. The Morgan fingerprint density at radius 1 is 0.462 bits per heavy atom. The third kappa shape index (κ3) is 3.41. The average Bonchev–Trinajstić information content (AvgIpc) is 3.61. The van der Waals surface area contributed by atoms with Gasteiger partial charge in [0.05, 0.1) is 39.1 Å². The van der Waals surface area contributed by atoms with Gasteiger partial charge in [0.15, 0.2) is 0 Å². The van der Waals surface area contributed by atoms with Gasteiger partial charge < -0.3 is 4.57 Å². The Hall–Kier alpha value is -6.58. The van der Waals surface area contributed by atoms with E-state index in [4.69, 9.17) is 9.97 Å². The summed E-state index contributed by atoms with van der Waals surface area (Å²) in [5, 5.41) is 7.08. The number of aromatic nitrogens is 3. The Balaban J connectivity index is 1.34. The van der Waals surface area contributed by atoms with Crippen molar-refractivity contribution in [1.82, 2.24) is 14.5 Å². The molecule has 0 saturated heterocycles. The van der Waals surface area contributed by atoms with Gasteiger partial charge in [-0.25, -0.2) is 9.97 Å². The number of nitrogens with zero attached hydrogens (tertiary/aromatic N) is 3. The Labute approximate surface area is 300 Å². The highest BCUT2D eigenvalue weighted by Crippen LogP contribution is 2.59. The van der Waals surface area contributed by atoms with Crippen LogP contribution in [0.4, 0.5) is 0 Å². The van der Waals surface area contributed by atoms with Crippen LogP contribution < -0.4 is 0 Å². The van der Waals surface area contributed by atoms with Crippen molar-refractivity contribution < 1.29 is 0 Å². The summed E-state index contributed by atoms with van der Waals surface area (Å²) >= 11 is 0. The second kappa shape index (κ2) is 9.80. The molecule has 52 heavy (non-hydrogen) atoms. The predicted octanol–water partition coefficient (Wildman–Crippen LogP) is 12.7. The Morgan fingerprint density at radius 2 is 1.06 bits per heavy atom. The molecule has 0 atom stereocenters. The van der Waals surface area contributed by atoms with Gasteiger partial charge in [0.2, 0.25) is 0 Å². The molecule has 0 amide bonds. The van der Waals surface area contributed by atoms with E-state index in [1.165, 1.54) is 71.6 Å². The molecule has 3 nitrogen and oxygen atoms in total. The molecule has 0 N–H and O–H groups in total. The first-order valence-corrected chi connectivity index (χ1v) is 18.1. The van der Waals surface area contributed by atoms with Gasteiger partial charge in [-0.3, -0.25) is 0 Å². The van der Waals surface area contributed by atoms with Gasteiger partial charge in [-0.1, -0.05) is 147 Å². The summed E-state index contributed by atoms with van der Waals surface area (Å²) in [5.74, 6) is 0. The summed E-state index contributed by atoms with van der Waals surface area (Å²) in [6.45, 7) is 4.78. The number of fused-ring (bicyclic) bond motifs is 12. The maximum atomic E-state index is 5.80. The molecule has 0 saturated carbocycles. The molecule has 0 unspecified atom stereocenters. The summed E-state index contributed by atoms with van der Waals surface area (Å²) in [6.07, 6.45) is 0. The molecule has 0 bridgehead atoms. The first-order chi connectivity index (χ1) is 25.6. The molecule has 2 aromatic heterocycles. The van der Waals surface area contributed by atoms with E-state index in [2.05, 4.69) is 170 Å². The Bertz CT molecular complexity index is 3200. The van der Waals surface area contributed by atoms with Crippen molar-refractivity contribution in [1.29, 1.82) is 0 Å². The number of hydrogen-bond donors (Lipinski definition) is 0. The lowest BCUT2D eigenvalue weighted by Gasteiger charge is -2.24. The van der Waals surface area contributed by atoms with Crippen LogP contribution in [0.15, 0.2) is 152 Å². The van der Waals surface area contributed by atoms with Crippen LogP contribution in [0.5, 0.6) is 0 Å². The molecule has 3 heteroatoms. The topological polar surface area (TPSA) is 30.7 Å². The first kappa shape index (κ1) is 28.2. The van der Waals surface area contributed by atoms with Crippen molar-refractivity contribution >= 4 is 54.4 Å². The summed E-state index contributed by atoms with van der Waals surface area (Å²) in [4.78, 5) is 11.5. The fourth-order valence-electron chi connectivity index (χ4n) is 9.60. The molecule has 1 aliphatic carbocycles. The zero-order valence-corrected chi connectivity index (χ0v) is 28.8. The minimum absolute atomic E-state index is 0.225. The van der Waals surface area contributed by atoms with E-state index in [1.54, 1.807) is 0 Å². The van der Waals surface area contributed by atoms with Crippen LogP contribution >= 0.6 is 0 Å². The van der Waals surface area contributed by atoms with Crippen LogP contribution in [0.25, 0.3) is 105 Å².